The minimum atomic E-state index is -0.314. The number of fused-ring (bicyclic) bond motifs is 10. The van der Waals surface area contributed by atoms with Gasteiger partial charge < -0.3 is 4.98 Å². The molecule has 115 heavy (non-hydrogen) atoms. The summed E-state index contributed by atoms with van der Waals surface area (Å²) >= 11 is 0. The van der Waals surface area contributed by atoms with Gasteiger partial charge in [-0.2, -0.15) is 0 Å². The van der Waals surface area contributed by atoms with E-state index < -0.39 is 0 Å². The van der Waals surface area contributed by atoms with Crippen molar-refractivity contribution < 1.29 is 19.2 Å². The summed E-state index contributed by atoms with van der Waals surface area (Å²) < 4.78 is 0. The average Bonchev–Trinajstić information content (AvgIpc) is 1.02. The van der Waals surface area contributed by atoms with Gasteiger partial charge in [0.05, 0.1) is 33.9 Å². The van der Waals surface area contributed by atoms with E-state index in [1.54, 1.807) is 19.1 Å². The fraction of sp³-hybridized carbons (Fsp3) is 0.243. The van der Waals surface area contributed by atoms with Crippen LogP contribution in [0.3, 0.4) is 0 Å². The van der Waals surface area contributed by atoms with Gasteiger partial charge >= 0.3 is 0 Å². The third-order valence-electron chi connectivity index (χ3n) is 23.5. The van der Waals surface area contributed by atoms with Gasteiger partial charge in [0, 0.05) is 50.5 Å². The molecule has 3 aliphatic carbocycles. The van der Waals surface area contributed by atoms with Crippen molar-refractivity contribution in [2.75, 3.05) is 0 Å². The van der Waals surface area contributed by atoms with Gasteiger partial charge in [-0.25, -0.2) is 4.98 Å². The summed E-state index contributed by atoms with van der Waals surface area (Å²) in [6.07, 6.45) is 9.03. The smallest absolute Gasteiger partial charge is 0.189 e. The first-order chi connectivity index (χ1) is 54.7. The Balaban J connectivity index is 0.000000130. The highest BCUT2D eigenvalue weighted by atomic mass is 16.1. The number of imidazole rings is 1. The maximum atomic E-state index is 12.8. The highest BCUT2D eigenvalue weighted by molar-refractivity contribution is 6.25. The Morgan fingerprint density at radius 1 is 0.339 bits per heavy atom. The average molecular weight is 1520 g/mol. The first-order valence-electron chi connectivity index (χ1n) is 40.0. The lowest BCUT2D eigenvalue weighted by atomic mass is 9.68. The molecule has 8 nitrogen and oxygen atoms in total. The van der Waals surface area contributed by atoms with Crippen molar-refractivity contribution in [2.24, 2.45) is 11.8 Å². The molecule has 1 N–H and O–H groups in total. The number of aryl methyl sites for hydroxylation is 22. The van der Waals surface area contributed by atoms with Crippen molar-refractivity contribution in [3.8, 4) is 0 Å². The fourth-order valence-corrected chi connectivity index (χ4v) is 16.3. The van der Waals surface area contributed by atoms with Crippen LogP contribution in [0.5, 0.6) is 0 Å². The number of benzene rings is 12. The second kappa shape index (κ2) is 35.5. The molecule has 2 unspecified atom stereocenters. The van der Waals surface area contributed by atoms with Gasteiger partial charge in [0.15, 0.2) is 23.1 Å². The Hall–Kier alpha value is -12.1. The zero-order valence-corrected chi connectivity index (χ0v) is 71.8. The van der Waals surface area contributed by atoms with Gasteiger partial charge in [-0.15, -0.1) is 0 Å². The first kappa shape index (κ1) is 83.8. The summed E-state index contributed by atoms with van der Waals surface area (Å²) in [4.78, 5) is 65.4. The number of carbonyl (C=O) groups excluding carboxylic acids is 4. The molecule has 15 aromatic rings. The lowest BCUT2D eigenvalue weighted by Gasteiger charge is -2.32. The van der Waals surface area contributed by atoms with E-state index in [0.717, 1.165) is 50.3 Å². The number of aromatic nitrogens is 4. The number of ketones is 4. The predicted octanol–water partition coefficient (Wildman–Crippen LogP) is 27.3. The van der Waals surface area contributed by atoms with Gasteiger partial charge in [0.2, 0.25) is 0 Å². The predicted molar refractivity (Wildman–Crippen MR) is 487 cm³/mol. The zero-order chi connectivity index (χ0) is 83.3. The SMILES string of the molecule is CC1=CC(=O)c2cccc(C)c2C1=O.CC1=CC=CC2C(=O)c3c(C)ccc(C)c3C(=O)C12.Cc1cc2c(C)cccc2nc1C.Cc1cc2cccc(C)c2cc1C.Cc1ccc(C)c2c(C)cccc12.Cc1cccc2c(C)c3c(C)ccc(C)c3cc12.Cc1cnc2cccc(C)c2c1C.Cc1nc2c(C)ccc(C)c2[nH]1. The van der Waals surface area contributed by atoms with E-state index in [1.807, 2.05) is 77.2 Å². The molecule has 3 heterocycles. The molecular weight excluding hydrogens is 1410 g/mol. The van der Waals surface area contributed by atoms with E-state index in [-0.39, 0.29) is 35.0 Å². The van der Waals surface area contributed by atoms with E-state index in [2.05, 4.69) is 296 Å². The largest absolute Gasteiger partial charge is 0.342 e. The molecule has 0 bridgehead atoms. The topological polar surface area (TPSA) is 123 Å². The van der Waals surface area contributed by atoms with Crippen molar-refractivity contribution in [1.29, 1.82) is 0 Å². The van der Waals surface area contributed by atoms with Crippen molar-refractivity contribution in [3.63, 3.8) is 0 Å². The van der Waals surface area contributed by atoms with Crippen LogP contribution in [0.1, 0.15) is 178 Å². The maximum Gasteiger partial charge on any atom is 0.189 e. The van der Waals surface area contributed by atoms with E-state index in [4.69, 9.17) is 0 Å². The lowest BCUT2D eigenvalue weighted by molar-refractivity contribution is 0.0792. The van der Waals surface area contributed by atoms with Crippen LogP contribution in [0.2, 0.25) is 0 Å². The van der Waals surface area contributed by atoms with Crippen LogP contribution in [0, 0.1) is 164 Å². The number of nitrogens with zero attached hydrogens (tertiary/aromatic N) is 3. The molecule has 582 valence electrons. The van der Waals surface area contributed by atoms with Crippen molar-refractivity contribution in [1.82, 2.24) is 19.9 Å². The van der Waals surface area contributed by atoms with Crippen molar-refractivity contribution >= 4 is 99.1 Å². The van der Waals surface area contributed by atoms with Gasteiger partial charge in [0.1, 0.15) is 5.82 Å². The van der Waals surface area contributed by atoms with Crippen LogP contribution in [0.4, 0.5) is 0 Å². The minimum Gasteiger partial charge on any atom is -0.342 e. The number of pyridine rings is 2. The second-order valence-corrected chi connectivity index (χ2v) is 32.0. The fourth-order valence-electron chi connectivity index (χ4n) is 16.3. The molecule has 0 saturated heterocycles. The lowest BCUT2D eigenvalue weighted by Crippen LogP contribution is -2.38. The summed E-state index contributed by atoms with van der Waals surface area (Å²) in [7, 11) is 0. The van der Waals surface area contributed by atoms with E-state index in [0.29, 0.717) is 27.8 Å². The standard InChI is InChI=1S/C18H18.C17H16O2.2C13H14.2C12H13N.C12H10O2.C10H12N2/c1-11-6-5-7-15-14(4)18-13(3)9-8-12(2)17(18)10-16(11)15;1-9-5-4-6-12-13(9)17(19)15-11(3)8-7-10(2)14(15)16(12)18;1-9-5-4-6-12-7-10(2)11(3)8-13(9)12;1-9-7-8-11(3)13-10(2)5-4-6-12(9)13;1-8-5-4-6-12-11(8)7-9(2)10(3)13-12;1-8-5-4-6-11-12(8)10(3)9(2)7-13-11;1-7-4-3-5-9-10(13)6-8(2)12(14)11(7)9;1-6-4-5-7(2)10-9(6)11-8(3)12-10/h5-10H,1-4H3;4-8,12-13H,1-3H3;2*4-8H,1-3H3;2*4-7H,1-3H3;3-6H,1-2H3;4-5H,1-3H3,(H,11,12). The number of carbonyl (C=O) groups is 4. The quantitative estimate of drug-likeness (QED) is 0.150. The van der Waals surface area contributed by atoms with Gasteiger partial charge in [-0.3, -0.25) is 29.1 Å². The Labute approximate surface area is 680 Å². The molecule has 3 aromatic heterocycles. The number of rotatable bonds is 0. The third kappa shape index (κ3) is 17.8. The molecule has 18 rings (SSSR count). The minimum absolute atomic E-state index is 0.0299. The molecule has 0 saturated carbocycles. The molecule has 0 spiro atoms. The summed E-state index contributed by atoms with van der Waals surface area (Å²) in [6.45, 7) is 50.0. The Kier molecular flexibility index (Phi) is 25.9. The number of Topliss-reactive ketones (excluding diaryl/α,β-unsaturated/α-hetero) is 3. The first-order valence-corrected chi connectivity index (χ1v) is 40.0. The molecule has 2 atom stereocenters. The zero-order valence-electron chi connectivity index (χ0n) is 71.8. The molecule has 0 radical (unpaired) electrons. The Morgan fingerprint density at radius 3 is 1.49 bits per heavy atom. The van der Waals surface area contributed by atoms with E-state index in [9.17, 15) is 19.2 Å². The molecule has 0 fully saturated rings. The number of H-pyrrole nitrogens is 1. The van der Waals surface area contributed by atoms with Gasteiger partial charge in [-0.1, -0.05) is 182 Å². The Bertz CT molecular complexity index is 6330. The molecule has 0 amide bonds. The third-order valence-corrected chi connectivity index (χ3v) is 23.5. The number of aromatic amines is 1. The summed E-state index contributed by atoms with van der Waals surface area (Å²) in [5.74, 6) is 0.459. The number of nitrogens with one attached hydrogen (secondary N) is 1. The van der Waals surface area contributed by atoms with E-state index >= 15 is 0 Å². The summed E-state index contributed by atoms with van der Waals surface area (Å²) in [6, 6.07) is 63.4. The molecule has 8 heteroatoms. The number of hydrogen-bond acceptors (Lipinski definition) is 7. The van der Waals surface area contributed by atoms with Gasteiger partial charge in [0.25, 0.3) is 0 Å². The highest BCUT2D eigenvalue weighted by Crippen LogP contribution is 2.41. The number of allylic oxidation sites excluding steroid dienone is 6. The molecular formula is C107H110N4O4. The molecule has 12 aromatic carbocycles. The normalized spacial score (nSPS) is 13.7. The second-order valence-electron chi connectivity index (χ2n) is 32.0. The molecule has 3 aliphatic rings. The van der Waals surface area contributed by atoms with Crippen molar-refractivity contribution in [2.45, 2.75) is 166 Å². The Morgan fingerprint density at radius 2 is 0.826 bits per heavy atom. The molecule has 0 aliphatic heterocycles. The summed E-state index contributed by atoms with van der Waals surface area (Å²) in [5.41, 5.74) is 34.9. The van der Waals surface area contributed by atoms with Crippen LogP contribution >= 0.6 is 0 Å². The summed E-state index contributed by atoms with van der Waals surface area (Å²) in [5, 5.41) is 13.7. The number of hydrogen-bond donors (Lipinski definition) is 1. The van der Waals surface area contributed by atoms with Crippen LogP contribution in [0.15, 0.2) is 224 Å². The van der Waals surface area contributed by atoms with Crippen molar-refractivity contribution in [3.05, 3.63) is 369 Å². The van der Waals surface area contributed by atoms with Crippen LogP contribution in [-0.2, 0) is 0 Å². The van der Waals surface area contributed by atoms with E-state index in [1.165, 1.54) is 160 Å². The monoisotopic (exact) mass is 1510 g/mol. The van der Waals surface area contributed by atoms with Crippen LogP contribution in [0.25, 0.3) is 75.9 Å². The maximum absolute atomic E-state index is 12.8. The highest BCUT2D eigenvalue weighted by Gasteiger charge is 2.43. The van der Waals surface area contributed by atoms with Gasteiger partial charge in [-0.05, 0) is 351 Å². The van der Waals surface area contributed by atoms with Crippen LogP contribution < -0.4 is 0 Å². The van der Waals surface area contributed by atoms with Crippen LogP contribution in [-0.4, -0.2) is 43.1 Å².